The molecule has 0 aliphatic carbocycles. The summed E-state index contributed by atoms with van der Waals surface area (Å²) in [5.41, 5.74) is -0.124. The van der Waals surface area contributed by atoms with Gasteiger partial charge in [-0.3, -0.25) is 4.79 Å². The number of carbonyl (C=O) groups excluding carboxylic acids is 1. The second-order valence-corrected chi connectivity index (χ2v) is 5.07. The van der Waals surface area contributed by atoms with Gasteiger partial charge in [0, 0.05) is 6.61 Å². The lowest BCUT2D eigenvalue weighted by molar-refractivity contribution is -0.137. The maximum atomic E-state index is 12.2. The molecule has 0 aliphatic rings. The molecule has 0 saturated heterocycles. The fraction of sp³-hybridized carbons (Fsp3) is 0.500. The smallest absolute Gasteiger partial charge is 0.256 e. The largest absolute Gasteiger partial charge is 0.494 e. The van der Waals surface area contributed by atoms with Crippen LogP contribution in [0, 0.1) is 11.3 Å². The highest BCUT2D eigenvalue weighted by atomic mass is 16.5. The van der Waals surface area contributed by atoms with E-state index >= 15 is 0 Å². The first kappa shape index (κ1) is 17.0. The third-order valence-electron chi connectivity index (χ3n) is 2.88. The van der Waals surface area contributed by atoms with Crippen molar-refractivity contribution < 1.29 is 14.3 Å². The van der Waals surface area contributed by atoms with Gasteiger partial charge < -0.3 is 14.8 Å². The third-order valence-corrected chi connectivity index (χ3v) is 2.88. The molecule has 114 valence electrons. The van der Waals surface area contributed by atoms with Gasteiger partial charge in [-0.1, -0.05) is 6.92 Å². The maximum absolute atomic E-state index is 12.2. The molecule has 0 spiro atoms. The van der Waals surface area contributed by atoms with Crippen molar-refractivity contribution in [3.8, 4) is 11.8 Å². The van der Waals surface area contributed by atoms with Gasteiger partial charge in [-0.15, -0.1) is 0 Å². The number of carbonyl (C=O) groups is 1. The SMILES string of the molecule is CCCOC(C)(C)C(=O)Nc1ccc(OCC)cc1C#N. The summed E-state index contributed by atoms with van der Waals surface area (Å²) < 4.78 is 10.9. The quantitative estimate of drug-likeness (QED) is 0.837. The minimum absolute atomic E-state index is 0.281. The summed E-state index contributed by atoms with van der Waals surface area (Å²) in [5.74, 6) is 0.324. The monoisotopic (exact) mass is 290 g/mol. The second kappa shape index (κ2) is 7.65. The van der Waals surface area contributed by atoms with Crippen molar-refractivity contribution in [3.05, 3.63) is 23.8 Å². The molecule has 5 heteroatoms. The van der Waals surface area contributed by atoms with Crippen LogP contribution in [0.5, 0.6) is 5.75 Å². The number of nitrogens with one attached hydrogen (secondary N) is 1. The second-order valence-electron chi connectivity index (χ2n) is 5.07. The first-order valence-electron chi connectivity index (χ1n) is 7.07. The van der Waals surface area contributed by atoms with Crippen molar-refractivity contribution >= 4 is 11.6 Å². The van der Waals surface area contributed by atoms with E-state index in [4.69, 9.17) is 9.47 Å². The van der Waals surface area contributed by atoms with Crippen LogP contribution in [0.2, 0.25) is 0 Å². The number of hydrogen-bond donors (Lipinski definition) is 1. The van der Waals surface area contributed by atoms with Crippen molar-refractivity contribution in [2.75, 3.05) is 18.5 Å². The standard InChI is InChI=1S/C16H22N2O3/c1-5-9-21-16(3,4)15(19)18-14-8-7-13(20-6-2)10-12(14)11-17/h7-8,10H,5-6,9H2,1-4H3,(H,18,19). The molecule has 0 aliphatic heterocycles. The minimum Gasteiger partial charge on any atom is -0.494 e. The van der Waals surface area contributed by atoms with Gasteiger partial charge in [-0.2, -0.15) is 5.26 Å². The summed E-state index contributed by atoms with van der Waals surface area (Å²) in [5, 5.41) is 11.9. The number of nitriles is 1. The molecule has 0 radical (unpaired) electrons. The Bertz CT molecular complexity index is 533. The molecule has 1 amide bonds. The summed E-state index contributed by atoms with van der Waals surface area (Å²) in [6.45, 7) is 8.30. The Hall–Kier alpha value is -2.06. The number of benzene rings is 1. The first-order valence-corrected chi connectivity index (χ1v) is 7.07. The van der Waals surface area contributed by atoms with Crippen molar-refractivity contribution in [3.63, 3.8) is 0 Å². The van der Waals surface area contributed by atoms with Gasteiger partial charge in [-0.25, -0.2) is 0 Å². The molecule has 0 fully saturated rings. The van der Waals surface area contributed by atoms with Crippen LogP contribution in [0.1, 0.15) is 39.7 Å². The van der Waals surface area contributed by atoms with Gasteiger partial charge in [0.25, 0.3) is 5.91 Å². The predicted octanol–water partition coefficient (Wildman–Crippen LogP) is 3.10. The van der Waals surface area contributed by atoms with E-state index in [2.05, 4.69) is 11.4 Å². The molecule has 1 rings (SSSR count). The van der Waals surface area contributed by atoms with Crippen LogP contribution >= 0.6 is 0 Å². The number of nitrogens with zero attached hydrogens (tertiary/aromatic N) is 1. The lowest BCUT2D eigenvalue weighted by Gasteiger charge is -2.24. The van der Waals surface area contributed by atoms with Crippen LogP contribution in [0.15, 0.2) is 18.2 Å². The molecule has 0 atom stereocenters. The average molecular weight is 290 g/mol. The normalized spacial score (nSPS) is 10.8. The molecule has 21 heavy (non-hydrogen) atoms. The molecular weight excluding hydrogens is 268 g/mol. The van der Waals surface area contributed by atoms with Crippen LogP contribution in [0.4, 0.5) is 5.69 Å². The average Bonchev–Trinajstić information content (AvgIpc) is 2.46. The fourth-order valence-corrected chi connectivity index (χ4v) is 1.68. The van der Waals surface area contributed by atoms with Gasteiger partial charge >= 0.3 is 0 Å². The Morgan fingerprint density at radius 1 is 1.38 bits per heavy atom. The Kier molecular flexibility index (Phi) is 6.19. The highest BCUT2D eigenvalue weighted by Crippen LogP contribution is 2.23. The number of anilines is 1. The lowest BCUT2D eigenvalue weighted by atomic mass is 10.1. The van der Waals surface area contributed by atoms with Crippen LogP contribution in [-0.4, -0.2) is 24.7 Å². The van der Waals surface area contributed by atoms with E-state index in [9.17, 15) is 10.1 Å². The van der Waals surface area contributed by atoms with Gasteiger partial charge in [0.1, 0.15) is 17.4 Å². The Morgan fingerprint density at radius 2 is 2.10 bits per heavy atom. The summed E-state index contributed by atoms with van der Waals surface area (Å²) in [6.07, 6.45) is 0.837. The fourth-order valence-electron chi connectivity index (χ4n) is 1.68. The first-order chi connectivity index (χ1) is 9.94. The number of amides is 1. The van der Waals surface area contributed by atoms with E-state index in [0.29, 0.717) is 30.2 Å². The Morgan fingerprint density at radius 3 is 2.67 bits per heavy atom. The van der Waals surface area contributed by atoms with Gasteiger partial charge in [-0.05, 0) is 45.4 Å². The molecule has 5 nitrogen and oxygen atoms in total. The number of hydrogen-bond acceptors (Lipinski definition) is 4. The van der Waals surface area contributed by atoms with Crippen LogP contribution in [-0.2, 0) is 9.53 Å². The van der Waals surface area contributed by atoms with E-state index in [-0.39, 0.29) is 5.91 Å². The van der Waals surface area contributed by atoms with E-state index in [1.807, 2.05) is 13.8 Å². The maximum Gasteiger partial charge on any atom is 0.256 e. The van der Waals surface area contributed by atoms with Crippen LogP contribution < -0.4 is 10.1 Å². The molecule has 0 aromatic heterocycles. The van der Waals surface area contributed by atoms with Gasteiger partial charge in [0.2, 0.25) is 0 Å². The Labute approximate surface area is 125 Å². The zero-order valence-electron chi connectivity index (χ0n) is 13.0. The van der Waals surface area contributed by atoms with Crippen molar-refractivity contribution in [1.82, 2.24) is 0 Å². The summed E-state index contributed by atoms with van der Waals surface area (Å²) in [7, 11) is 0. The van der Waals surface area contributed by atoms with Crippen LogP contribution in [0.25, 0.3) is 0 Å². The van der Waals surface area contributed by atoms with E-state index < -0.39 is 5.60 Å². The predicted molar refractivity (Wildman–Crippen MR) is 81.3 cm³/mol. The highest BCUT2D eigenvalue weighted by Gasteiger charge is 2.28. The number of rotatable bonds is 7. The molecule has 1 aromatic carbocycles. The van der Waals surface area contributed by atoms with E-state index in [1.165, 1.54) is 0 Å². The molecule has 0 heterocycles. The summed E-state index contributed by atoms with van der Waals surface area (Å²) >= 11 is 0. The van der Waals surface area contributed by atoms with Crippen molar-refractivity contribution in [2.45, 2.75) is 39.7 Å². The topological polar surface area (TPSA) is 71.3 Å². The minimum atomic E-state index is -0.943. The van der Waals surface area contributed by atoms with Gasteiger partial charge in [0.15, 0.2) is 0 Å². The highest BCUT2D eigenvalue weighted by molar-refractivity contribution is 5.97. The molecule has 1 aromatic rings. The summed E-state index contributed by atoms with van der Waals surface area (Å²) in [4.78, 5) is 12.2. The Balaban J connectivity index is 2.87. The van der Waals surface area contributed by atoms with E-state index in [1.54, 1.807) is 32.0 Å². The number of ether oxygens (including phenoxy) is 2. The van der Waals surface area contributed by atoms with Crippen molar-refractivity contribution in [2.24, 2.45) is 0 Å². The van der Waals surface area contributed by atoms with Gasteiger partial charge in [0.05, 0.1) is 17.9 Å². The summed E-state index contributed by atoms with van der Waals surface area (Å²) in [6, 6.07) is 7.06. The zero-order chi connectivity index (χ0) is 15.9. The molecular formula is C16H22N2O3. The third kappa shape index (κ3) is 4.76. The molecule has 0 unspecified atom stereocenters. The molecule has 0 bridgehead atoms. The van der Waals surface area contributed by atoms with Crippen LogP contribution in [0.3, 0.4) is 0 Å². The molecule has 1 N–H and O–H groups in total. The van der Waals surface area contributed by atoms with Crippen molar-refractivity contribution in [1.29, 1.82) is 5.26 Å². The van der Waals surface area contributed by atoms with E-state index in [0.717, 1.165) is 6.42 Å². The lowest BCUT2D eigenvalue weighted by Crippen LogP contribution is -2.40. The molecule has 0 saturated carbocycles. The zero-order valence-corrected chi connectivity index (χ0v) is 13.0.